The van der Waals surface area contributed by atoms with E-state index in [4.69, 9.17) is 0 Å². The predicted molar refractivity (Wildman–Crippen MR) is 133 cm³/mol. The van der Waals surface area contributed by atoms with Crippen LogP contribution in [-0.4, -0.2) is 58.3 Å². The first-order chi connectivity index (χ1) is 13.8. The molecular weight excluding hydrogens is 518 g/mol. The highest BCUT2D eigenvalue weighted by Gasteiger charge is 2.18. The number of piperidine rings is 1. The summed E-state index contributed by atoms with van der Waals surface area (Å²) in [4.78, 5) is 7.08. The first-order valence-corrected chi connectivity index (χ1v) is 12.6. The second-order valence-electron chi connectivity index (χ2n) is 7.84. The van der Waals surface area contributed by atoms with Gasteiger partial charge in [-0.1, -0.05) is 13.0 Å². The van der Waals surface area contributed by atoms with Crippen molar-refractivity contribution in [2.45, 2.75) is 45.4 Å². The molecule has 9 heteroatoms. The van der Waals surface area contributed by atoms with Crippen molar-refractivity contribution >= 4 is 39.8 Å². The van der Waals surface area contributed by atoms with Gasteiger partial charge in [-0.15, -0.1) is 24.0 Å². The minimum atomic E-state index is -3.20. The number of benzene rings is 1. The van der Waals surface area contributed by atoms with Crippen LogP contribution in [0.2, 0.25) is 0 Å². The third-order valence-electron chi connectivity index (χ3n) is 5.14. The zero-order valence-corrected chi connectivity index (χ0v) is 21.4. The summed E-state index contributed by atoms with van der Waals surface area (Å²) in [5, 5.41) is 6.62. The topological polar surface area (TPSA) is 73.8 Å². The van der Waals surface area contributed by atoms with Crippen molar-refractivity contribution in [3.05, 3.63) is 35.1 Å². The molecule has 1 aromatic rings. The number of hydrogen-bond acceptors (Lipinski definition) is 4. The summed E-state index contributed by atoms with van der Waals surface area (Å²) in [6, 6.07) is 4.20. The Labute approximate surface area is 198 Å². The van der Waals surface area contributed by atoms with Crippen LogP contribution in [0.4, 0.5) is 4.39 Å². The molecular formula is C21H36FIN4O2S. The van der Waals surface area contributed by atoms with Crippen LogP contribution in [-0.2, 0) is 22.1 Å². The van der Waals surface area contributed by atoms with E-state index in [1.54, 1.807) is 0 Å². The van der Waals surface area contributed by atoms with Crippen LogP contribution in [0.15, 0.2) is 23.2 Å². The summed E-state index contributed by atoms with van der Waals surface area (Å²) in [5.74, 6) is 0.794. The molecule has 1 heterocycles. The molecule has 172 valence electrons. The highest BCUT2D eigenvalue weighted by Crippen LogP contribution is 2.17. The van der Waals surface area contributed by atoms with Gasteiger partial charge in [0.05, 0.1) is 12.3 Å². The number of nitrogens with zero attached hydrogens (tertiary/aromatic N) is 2. The van der Waals surface area contributed by atoms with Crippen LogP contribution >= 0.6 is 24.0 Å². The lowest BCUT2D eigenvalue weighted by Gasteiger charge is -2.32. The maximum absolute atomic E-state index is 13.7. The average molecular weight is 555 g/mol. The van der Waals surface area contributed by atoms with Gasteiger partial charge < -0.3 is 15.5 Å². The second-order valence-corrected chi connectivity index (χ2v) is 9.98. The summed E-state index contributed by atoms with van der Waals surface area (Å²) in [6.45, 7) is 9.48. The minimum absolute atomic E-state index is 0. The number of likely N-dealkylation sites (tertiary alicyclic amines) is 1. The molecule has 6 nitrogen and oxygen atoms in total. The zero-order chi connectivity index (χ0) is 21.3. The minimum Gasteiger partial charge on any atom is -0.357 e. The van der Waals surface area contributed by atoms with Crippen molar-refractivity contribution in [1.82, 2.24) is 15.5 Å². The van der Waals surface area contributed by atoms with E-state index in [9.17, 15) is 12.8 Å². The van der Waals surface area contributed by atoms with Crippen LogP contribution in [0.3, 0.4) is 0 Å². The zero-order valence-electron chi connectivity index (χ0n) is 18.3. The van der Waals surface area contributed by atoms with Gasteiger partial charge >= 0.3 is 0 Å². The Morgan fingerprint density at radius 1 is 1.20 bits per heavy atom. The Balaban J connectivity index is 0.00000450. The summed E-state index contributed by atoms with van der Waals surface area (Å²) < 4.78 is 37.0. The fourth-order valence-corrected chi connectivity index (χ4v) is 4.49. The standard InChI is InChI=1S/C21H35FN4O2S.HI/c1-4-10-26-11-8-17(9-12-26)14-24-21(23-5-2)25-15-19-13-20(22)7-6-18(19)16-29(3,27)28;/h6-7,13,17H,4-5,8-12,14-16H2,1-3H3,(H2,23,24,25);1H. The van der Waals surface area contributed by atoms with E-state index in [1.807, 2.05) is 6.92 Å². The molecule has 0 atom stereocenters. The van der Waals surface area contributed by atoms with Crippen LogP contribution in [0.25, 0.3) is 0 Å². The molecule has 2 N–H and O–H groups in total. The molecule has 2 rings (SSSR count). The molecule has 0 radical (unpaired) electrons. The molecule has 0 spiro atoms. The van der Waals surface area contributed by atoms with Crippen molar-refractivity contribution in [1.29, 1.82) is 0 Å². The van der Waals surface area contributed by atoms with E-state index >= 15 is 0 Å². The summed E-state index contributed by atoms with van der Waals surface area (Å²) in [7, 11) is -3.20. The highest BCUT2D eigenvalue weighted by molar-refractivity contribution is 14.0. The van der Waals surface area contributed by atoms with E-state index in [-0.39, 0.29) is 42.1 Å². The average Bonchev–Trinajstić information content (AvgIpc) is 2.66. The van der Waals surface area contributed by atoms with Gasteiger partial charge in [-0.05, 0) is 75.0 Å². The number of aliphatic imine (C=N–C) groups is 1. The van der Waals surface area contributed by atoms with Crippen LogP contribution in [0.5, 0.6) is 0 Å². The molecule has 1 saturated heterocycles. The predicted octanol–water partition coefficient (Wildman–Crippen LogP) is 3.17. The number of halogens is 2. The summed E-state index contributed by atoms with van der Waals surface area (Å²) >= 11 is 0. The first kappa shape index (κ1) is 27.1. The van der Waals surface area contributed by atoms with Gasteiger partial charge in [-0.2, -0.15) is 0 Å². The van der Waals surface area contributed by atoms with Gasteiger partial charge in [0.25, 0.3) is 0 Å². The lowest BCUT2D eigenvalue weighted by molar-refractivity contribution is 0.185. The highest BCUT2D eigenvalue weighted by atomic mass is 127. The Morgan fingerprint density at radius 3 is 2.50 bits per heavy atom. The lowest BCUT2D eigenvalue weighted by Crippen LogP contribution is -2.43. The molecule has 0 saturated carbocycles. The van der Waals surface area contributed by atoms with Crippen molar-refractivity contribution in [3.63, 3.8) is 0 Å². The first-order valence-electron chi connectivity index (χ1n) is 10.5. The molecule has 1 aliphatic heterocycles. The molecule has 1 fully saturated rings. The molecule has 1 aliphatic rings. The molecule has 0 bridgehead atoms. The molecule has 30 heavy (non-hydrogen) atoms. The van der Waals surface area contributed by atoms with Crippen LogP contribution in [0, 0.1) is 11.7 Å². The summed E-state index contributed by atoms with van der Waals surface area (Å²) in [5.41, 5.74) is 1.19. The van der Waals surface area contributed by atoms with E-state index in [0.29, 0.717) is 23.0 Å². The van der Waals surface area contributed by atoms with E-state index in [0.717, 1.165) is 26.2 Å². The summed E-state index contributed by atoms with van der Waals surface area (Å²) in [6.07, 6.45) is 4.73. The smallest absolute Gasteiger partial charge is 0.191 e. The fraction of sp³-hybridized carbons (Fsp3) is 0.667. The molecule has 0 aromatic heterocycles. The number of sulfone groups is 1. The van der Waals surface area contributed by atoms with Gasteiger partial charge in [-0.3, -0.25) is 0 Å². The van der Waals surface area contributed by atoms with Gasteiger partial charge in [0.1, 0.15) is 5.82 Å². The van der Waals surface area contributed by atoms with Gasteiger partial charge in [0, 0.05) is 19.3 Å². The SMILES string of the molecule is CCCN1CCC(CNC(=NCc2cc(F)ccc2CS(C)(=O)=O)NCC)CC1.I. The fourth-order valence-electron chi connectivity index (χ4n) is 3.64. The van der Waals surface area contributed by atoms with Crippen molar-refractivity contribution in [2.75, 3.05) is 39.0 Å². The third-order valence-corrected chi connectivity index (χ3v) is 5.98. The third kappa shape index (κ3) is 9.91. The van der Waals surface area contributed by atoms with E-state index < -0.39 is 9.84 Å². The van der Waals surface area contributed by atoms with Crippen molar-refractivity contribution < 1.29 is 12.8 Å². The Bertz CT molecular complexity index is 781. The van der Waals surface area contributed by atoms with E-state index in [2.05, 4.69) is 27.4 Å². The maximum atomic E-state index is 13.7. The number of hydrogen-bond donors (Lipinski definition) is 2. The normalized spacial score (nSPS) is 16.2. The quantitative estimate of drug-likeness (QED) is 0.279. The number of rotatable bonds is 9. The maximum Gasteiger partial charge on any atom is 0.191 e. The van der Waals surface area contributed by atoms with Gasteiger partial charge in [-0.25, -0.2) is 17.8 Å². The molecule has 0 unspecified atom stereocenters. The van der Waals surface area contributed by atoms with Crippen LogP contribution in [0.1, 0.15) is 44.2 Å². The Hall–Kier alpha value is -0.940. The van der Waals surface area contributed by atoms with Crippen molar-refractivity contribution in [2.24, 2.45) is 10.9 Å². The largest absolute Gasteiger partial charge is 0.357 e. The molecule has 0 amide bonds. The van der Waals surface area contributed by atoms with Gasteiger partial charge in [0.15, 0.2) is 15.8 Å². The Morgan fingerprint density at radius 2 is 1.90 bits per heavy atom. The number of guanidine groups is 1. The number of nitrogens with one attached hydrogen (secondary N) is 2. The van der Waals surface area contributed by atoms with Crippen LogP contribution < -0.4 is 10.6 Å². The van der Waals surface area contributed by atoms with Crippen molar-refractivity contribution in [3.8, 4) is 0 Å². The lowest BCUT2D eigenvalue weighted by atomic mass is 9.97. The van der Waals surface area contributed by atoms with Gasteiger partial charge in [0.2, 0.25) is 0 Å². The molecule has 0 aliphatic carbocycles. The monoisotopic (exact) mass is 554 g/mol. The van der Waals surface area contributed by atoms with E-state index in [1.165, 1.54) is 50.3 Å². The second kappa shape index (κ2) is 13.5. The molecule has 1 aromatic carbocycles. The Kier molecular flexibility index (Phi) is 12.2.